The van der Waals surface area contributed by atoms with Crippen molar-refractivity contribution in [1.82, 2.24) is 9.55 Å². The number of benzene rings is 2. The molecular weight excluding hydrogens is 384 g/mol. The molecule has 5 heteroatoms. The summed E-state index contributed by atoms with van der Waals surface area (Å²) in [6, 6.07) is 18.4. The summed E-state index contributed by atoms with van der Waals surface area (Å²) in [7, 11) is 0. The average Bonchev–Trinajstić information content (AvgIpc) is 3.04. The van der Waals surface area contributed by atoms with Gasteiger partial charge in [0.1, 0.15) is 4.83 Å². The molecule has 0 unspecified atom stereocenters. The molecule has 2 aromatic heterocycles. The van der Waals surface area contributed by atoms with Gasteiger partial charge in [0, 0.05) is 10.6 Å². The van der Waals surface area contributed by atoms with Crippen LogP contribution in [-0.2, 0) is 12.2 Å². The molecule has 0 spiro atoms. The Bertz CT molecular complexity index is 1180. The van der Waals surface area contributed by atoms with Crippen molar-refractivity contribution < 1.29 is 0 Å². The quantitative estimate of drug-likeness (QED) is 0.305. The zero-order valence-corrected chi connectivity index (χ0v) is 17.9. The van der Waals surface area contributed by atoms with Crippen LogP contribution in [0.1, 0.15) is 28.5 Å². The van der Waals surface area contributed by atoms with E-state index in [1.54, 1.807) is 27.7 Å². The number of rotatable bonds is 5. The van der Waals surface area contributed by atoms with Crippen LogP contribution in [0, 0.1) is 13.8 Å². The van der Waals surface area contributed by atoms with Gasteiger partial charge >= 0.3 is 0 Å². The Morgan fingerprint density at radius 2 is 1.75 bits per heavy atom. The second-order valence-electron chi connectivity index (χ2n) is 6.83. The molecule has 28 heavy (non-hydrogen) atoms. The lowest BCUT2D eigenvalue weighted by Gasteiger charge is -2.12. The Balaban J connectivity index is 1.89. The minimum atomic E-state index is 0.0258. The van der Waals surface area contributed by atoms with Crippen molar-refractivity contribution in [2.24, 2.45) is 0 Å². The van der Waals surface area contributed by atoms with Gasteiger partial charge < -0.3 is 0 Å². The summed E-state index contributed by atoms with van der Waals surface area (Å²) in [5.41, 5.74) is 4.35. The number of thiophene rings is 1. The van der Waals surface area contributed by atoms with Crippen LogP contribution in [0.25, 0.3) is 15.9 Å². The number of aromatic nitrogens is 2. The van der Waals surface area contributed by atoms with Gasteiger partial charge in [-0.3, -0.25) is 9.36 Å². The zero-order valence-electron chi connectivity index (χ0n) is 16.2. The van der Waals surface area contributed by atoms with E-state index in [-0.39, 0.29) is 5.56 Å². The van der Waals surface area contributed by atoms with E-state index in [9.17, 15) is 4.79 Å². The lowest BCUT2D eigenvalue weighted by atomic mass is 10.2. The van der Waals surface area contributed by atoms with Crippen LogP contribution >= 0.6 is 23.1 Å². The van der Waals surface area contributed by atoms with Crippen LogP contribution in [0.3, 0.4) is 0 Å². The van der Waals surface area contributed by atoms with E-state index in [4.69, 9.17) is 4.98 Å². The fourth-order valence-corrected chi connectivity index (χ4v) is 5.41. The topological polar surface area (TPSA) is 34.9 Å². The molecule has 2 heterocycles. The fraction of sp³-hybridized carbons (Fsp3) is 0.217. The first-order valence-electron chi connectivity index (χ1n) is 9.37. The van der Waals surface area contributed by atoms with Gasteiger partial charge in [-0.05, 0) is 43.5 Å². The molecule has 3 nitrogen and oxygen atoms in total. The monoisotopic (exact) mass is 406 g/mol. The largest absolute Gasteiger partial charge is 0.268 e. The van der Waals surface area contributed by atoms with E-state index >= 15 is 0 Å². The van der Waals surface area contributed by atoms with Crippen LogP contribution in [0.15, 0.2) is 64.5 Å². The van der Waals surface area contributed by atoms with Crippen LogP contribution in [0.5, 0.6) is 0 Å². The van der Waals surface area contributed by atoms with E-state index in [0.717, 1.165) is 38.8 Å². The van der Waals surface area contributed by atoms with Crippen LogP contribution < -0.4 is 5.56 Å². The first kappa shape index (κ1) is 19.0. The maximum absolute atomic E-state index is 13.5. The second-order valence-corrected chi connectivity index (χ2v) is 8.85. The van der Waals surface area contributed by atoms with Gasteiger partial charge in [0.25, 0.3) is 5.56 Å². The number of fused-ring (bicyclic) bond motifs is 1. The Hall–Kier alpha value is -2.37. The molecule has 2 aromatic carbocycles. The molecule has 0 atom stereocenters. The summed E-state index contributed by atoms with van der Waals surface area (Å²) in [5.74, 6) is 0.773. The lowest BCUT2D eigenvalue weighted by molar-refractivity contribution is 0.821. The lowest BCUT2D eigenvalue weighted by Crippen LogP contribution is -2.21. The van der Waals surface area contributed by atoms with Crippen LogP contribution in [-0.4, -0.2) is 9.55 Å². The maximum Gasteiger partial charge on any atom is 0.267 e. The van der Waals surface area contributed by atoms with E-state index in [1.807, 2.05) is 49.4 Å². The van der Waals surface area contributed by atoms with Gasteiger partial charge in [-0.15, -0.1) is 11.3 Å². The summed E-state index contributed by atoms with van der Waals surface area (Å²) in [6.45, 7) is 6.22. The molecule has 0 aliphatic rings. The Morgan fingerprint density at radius 1 is 1.04 bits per heavy atom. The summed E-state index contributed by atoms with van der Waals surface area (Å²) < 4.78 is 1.77. The van der Waals surface area contributed by atoms with Gasteiger partial charge in [-0.25, -0.2) is 4.98 Å². The smallest absolute Gasteiger partial charge is 0.267 e. The predicted octanol–water partition coefficient (Wildman–Crippen LogP) is 5.92. The highest BCUT2D eigenvalue weighted by Gasteiger charge is 2.18. The highest BCUT2D eigenvalue weighted by atomic mass is 32.2. The van der Waals surface area contributed by atoms with Gasteiger partial charge in [-0.2, -0.15) is 0 Å². The summed E-state index contributed by atoms with van der Waals surface area (Å²) >= 11 is 3.25. The molecule has 142 valence electrons. The molecule has 4 aromatic rings. The minimum Gasteiger partial charge on any atom is -0.268 e. The molecule has 0 aliphatic carbocycles. The standard InChI is InChI=1S/C23H22N2OS2/c1-4-19-16(3)20-21(28-19)24-23(27-14-17-8-6-5-7-9-17)25(22(20)26)18-12-10-15(2)11-13-18/h5-13H,4,14H2,1-3H3. The van der Waals surface area contributed by atoms with Gasteiger partial charge in [0.15, 0.2) is 5.16 Å². The number of nitrogens with zero attached hydrogens (tertiary/aromatic N) is 2. The van der Waals surface area contributed by atoms with Crippen molar-refractivity contribution in [3.05, 3.63) is 86.5 Å². The normalized spacial score (nSPS) is 11.2. The maximum atomic E-state index is 13.5. The molecule has 0 saturated carbocycles. The van der Waals surface area contributed by atoms with E-state index in [2.05, 4.69) is 26.0 Å². The van der Waals surface area contributed by atoms with Crippen LogP contribution in [0.2, 0.25) is 0 Å². The predicted molar refractivity (Wildman–Crippen MR) is 120 cm³/mol. The first-order valence-corrected chi connectivity index (χ1v) is 11.2. The van der Waals surface area contributed by atoms with Crippen molar-refractivity contribution in [3.63, 3.8) is 0 Å². The third-order valence-corrected chi connectivity index (χ3v) is 7.20. The van der Waals surface area contributed by atoms with Crippen molar-refractivity contribution in [1.29, 1.82) is 0 Å². The number of hydrogen-bond acceptors (Lipinski definition) is 4. The van der Waals surface area contributed by atoms with E-state index in [0.29, 0.717) is 0 Å². The van der Waals surface area contributed by atoms with Crippen LogP contribution in [0.4, 0.5) is 0 Å². The highest BCUT2D eigenvalue weighted by molar-refractivity contribution is 7.98. The molecule has 0 amide bonds. The van der Waals surface area contributed by atoms with Crippen molar-refractivity contribution in [2.75, 3.05) is 0 Å². The summed E-state index contributed by atoms with van der Waals surface area (Å²) in [4.78, 5) is 20.5. The average molecular weight is 407 g/mol. The number of hydrogen-bond donors (Lipinski definition) is 0. The van der Waals surface area contributed by atoms with Crippen molar-refractivity contribution in [2.45, 2.75) is 38.1 Å². The van der Waals surface area contributed by atoms with Crippen molar-refractivity contribution >= 4 is 33.3 Å². The van der Waals surface area contributed by atoms with E-state index < -0.39 is 0 Å². The molecule has 0 aliphatic heterocycles. The Labute approximate surface area is 173 Å². The van der Waals surface area contributed by atoms with Gasteiger partial charge in [-0.1, -0.05) is 66.7 Å². The van der Waals surface area contributed by atoms with Gasteiger partial charge in [0.2, 0.25) is 0 Å². The zero-order chi connectivity index (χ0) is 19.7. The third kappa shape index (κ3) is 3.52. The molecule has 0 fully saturated rings. The molecule has 0 saturated heterocycles. The summed E-state index contributed by atoms with van der Waals surface area (Å²) in [5, 5.41) is 1.50. The fourth-order valence-electron chi connectivity index (χ4n) is 3.29. The summed E-state index contributed by atoms with van der Waals surface area (Å²) in [6.07, 6.45) is 0.920. The highest BCUT2D eigenvalue weighted by Crippen LogP contribution is 2.31. The van der Waals surface area contributed by atoms with Crippen molar-refractivity contribution in [3.8, 4) is 5.69 Å². The number of aryl methyl sites for hydroxylation is 3. The molecular formula is C23H22N2OS2. The molecule has 0 N–H and O–H groups in total. The molecule has 0 radical (unpaired) electrons. The number of thioether (sulfide) groups is 1. The molecule has 4 rings (SSSR count). The second kappa shape index (κ2) is 7.94. The van der Waals surface area contributed by atoms with Gasteiger partial charge in [0.05, 0.1) is 11.1 Å². The third-order valence-electron chi connectivity index (χ3n) is 4.86. The Kier molecular flexibility index (Phi) is 5.38. The minimum absolute atomic E-state index is 0.0258. The first-order chi connectivity index (χ1) is 13.6. The Morgan fingerprint density at radius 3 is 2.43 bits per heavy atom. The SMILES string of the molecule is CCc1sc2nc(SCc3ccccc3)n(-c3ccc(C)cc3)c(=O)c2c1C. The van der Waals surface area contributed by atoms with E-state index in [1.165, 1.54) is 16.0 Å². The molecule has 0 bridgehead atoms.